The molecule has 3 heteroatoms. The second-order valence-electron chi connectivity index (χ2n) is 6.37. The van der Waals surface area contributed by atoms with E-state index in [2.05, 4.69) is 60.1 Å². The van der Waals surface area contributed by atoms with E-state index in [-0.39, 0.29) is 12.2 Å². The predicted molar refractivity (Wildman–Crippen MR) is 88.4 cm³/mol. The number of ether oxygens (including phenoxy) is 1. The molecule has 3 nitrogen and oxygen atoms in total. The summed E-state index contributed by atoms with van der Waals surface area (Å²) in [5, 5.41) is 0. The van der Waals surface area contributed by atoms with E-state index < -0.39 is 0 Å². The Morgan fingerprint density at radius 2 is 1.95 bits per heavy atom. The molecule has 1 saturated heterocycles. The summed E-state index contributed by atoms with van der Waals surface area (Å²) in [6, 6.07) is 14.7. The van der Waals surface area contributed by atoms with Gasteiger partial charge in [0.25, 0.3) is 0 Å². The normalized spacial score (nSPS) is 22.9. The lowest BCUT2D eigenvalue weighted by atomic mass is 10.0. The number of pyridine rings is 1. The van der Waals surface area contributed by atoms with Crippen molar-refractivity contribution < 1.29 is 4.74 Å². The molecule has 22 heavy (non-hydrogen) atoms. The molecule has 0 unspecified atom stereocenters. The highest BCUT2D eigenvalue weighted by molar-refractivity contribution is 5.19. The number of benzene rings is 1. The Morgan fingerprint density at radius 1 is 1.14 bits per heavy atom. The van der Waals surface area contributed by atoms with Crippen LogP contribution >= 0.6 is 0 Å². The second-order valence-corrected chi connectivity index (χ2v) is 6.37. The Bertz CT molecular complexity index is 571. The van der Waals surface area contributed by atoms with Crippen LogP contribution < -0.4 is 0 Å². The van der Waals surface area contributed by atoms with Gasteiger partial charge in [0, 0.05) is 32.0 Å². The lowest BCUT2D eigenvalue weighted by Crippen LogP contribution is -2.45. The van der Waals surface area contributed by atoms with Gasteiger partial charge < -0.3 is 4.74 Å². The van der Waals surface area contributed by atoms with E-state index in [1.807, 2.05) is 18.5 Å². The number of hydrogen-bond acceptors (Lipinski definition) is 3. The first-order valence-electron chi connectivity index (χ1n) is 8.04. The van der Waals surface area contributed by atoms with Crippen LogP contribution in [0.5, 0.6) is 0 Å². The van der Waals surface area contributed by atoms with Crippen molar-refractivity contribution in [2.45, 2.75) is 32.6 Å². The van der Waals surface area contributed by atoms with Crippen LogP contribution in [0.25, 0.3) is 0 Å². The van der Waals surface area contributed by atoms with Crippen molar-refractivity contribution in [3.8, 4) is 0 Å². The molecule has 0 N–H and O–H groups in total. The summed E-state index contributed by atoms with van der Waals surface area (Å²) < 4.78 is 6.34. The zero-order valence-electron chi connectivity index (χ0n) is 13.4. The van der Waals surface area contributed by atoms with Gasteiger partial charge in [-0.2, -0.15) is 0 Å². The minimum absolute atomic E-state index is 0.152. The molecule has 2 heterocycles. The summed E-state index contributed by atoms with van der Waals surface area (Å²) in [6.45, 7) is 7.32. The maximum Gasteiger partial charge on any atom is 0.0956 e. The van der Waals surface area contributed by atoms with Crippen LogP contribution in [0.2, 0.25) is 0 Å². The van der Waals surface area contributed by atoms with Crippen molar-refractivity contribution >= 4 is 0 Å². The zero-order valence-corrected chi connectivity index (χ0v) is 13.4. The molecule has 1 aliphatic heterocycles. The van der Waals surface area contributed by atoms with Crippen LogP contribution in [-0.2, 0) is 11.3 Å². The molecule has 0 saturated carbocycles. The van der Waals surface area contributed by atoms with Gasteiger partial charge in [0.2, 0.25) is 0 Å². The Balaban J connectivity index is 1.75. The fourth-order valence-electron chi connectivity index (χ4n) is 2.96. The van der Waals surface area contributed by atoms with E-state index in [1.54, 1.807) is 0 Å². The Labute approximate surface area is 132 Å². The van der Waals surface area contributed by atoms with E-state index in [1.165, 1.54) is 11.1 Å². The third kappa shape index (κ3) is 3.73. The molecule has 2 atom stereocenters. The highest BCUT2D eigenvalue weighted by Gasteiger charge is 2.30. The minimum atomic E-state index is 0.152. The van der Waals surface area contributed by atoms with Crippen LogP contribution in [0, 0.1) is 5.92 Å². The summed E-state index contributed by atoms with van der Waals surface area (Å²) in [4.78, 5) is 6.71. The van der Waals surface area contributed by atoms with E-state index in [0.29, 0.717) is 5.92 Å². The summed E-state index contributed by atoms with van der Waals surface area (Å²) in [5.41, 5.74) is 2.53. The maximum absolute atomic E-state index is 6.34. The summed E-state index contributed by atoms with van der Waals surface area (Å²) in [5.74, 6) is 0.517. The quantitative estimate of drug-likeness (QED) is 0.860. The largest absolute Gasteiger partial charge is 0.367 e. The molecule has 1 aliphatic rings. The van der Waals surface area contributed by atoms with Crippen LogP contribution in [0.4, 0.5) is 0 Å². The Hall–Kier alpha value is -1.71. The molecule has 0 amide bonds. The standard InChI is InChI=1S/C19H24N2O/c1-15(2)18-13-21(12-16-7-6-10-20-11-16)14-19(22-18)17-8-4-3-5-9-17/h3-11,15,18-19H,12-14H2,1-2H3/t18-,19+/m1/s1. The second kappa shape index (κ2) is 7.03. The minimum Gasteiger partial charge on any atom is -0.367 e. The molecule has 0 aliphatic carbocycles. The van der Waals surface area contributed by atoms with Crippen molar-refractivity contribution in [1.82, 2.24) is 9.88 Å². The zero-order chi connectivity index (χ0) is 15.4. The van der Waals surface area contributed by atoms with Crippen LogP contribution in [0.3, 0.4) is 0 Å². The lowest BCUT2D eigenvalue weighted by Gasteiger charge is -2.40. The molecule has 3 rings (SSSR count). The van der Waals surface area contributed by atoms with Crippen molar-refractivity contribution in [1.29, 1.82) is 0 Å². The Kier molecular flexibility index (Phi) is 4.86. The monoisotopic (exact) mass is 296 g/mol. The summed E-state index contributed by atoms with van der Waals surface area (Å²) >= 11 is 0. The SMILES string of the molecule is CC(C)[C@H]1CN(Cc2cccnc2)C[C@@H](c2ccccc2)O1. The van der Waals surface area contributed by atoms with Crippen LogP contribution in [0.15, 0.2) is 54.9 Å². The van der Waals surface area contributed by atoms with Gasteiger partial charge in [-0.15, -0.1) is 0 Å². The fourth-order valence-corrected chi connectivity index (χ4v) is 2.96. The molecule has 0 radical (unpaired) electrons. The first-order valence-corrected chi connectivity index (χ1v) is 8.04. The van der Waals surface area contributed by atoms with Crippen molar-refractivity contribution in [2.24, 2.45) is 5.92 Å². The average Bonchev–Trinajstić information content (AvgIpc) is 2.56. The highest BCUT2D eigenvalue weighted by atomic mass is 16.5. The number of nitrogens with zero attached hydrogens (tertiary/aromatic N) is 2. The predicted octanol–water partition coefficient (Wildman–Crippen LogP) is 3.68. The third-order valence-corrected chi connectivity index (χ3v) is 4.25. The van der Waals surface area contributed by atoms with Crippen molar-refractivity contribution in [3.63, 3.8) is 0 Å². The van der Waals surface area contributed by atoms with Gasteiger partial charge in [0.15, 0.2) is 0 Å². The lowest BCUT2D eigenvalue weighted by molar-refractivity contribution is -0.107. The number of rotatable bonds is 4. The number of hydrogen-bond donors (Lipinski definition) is 0. The highest BCUT2D eigenvalue weighted by Crippen LogP contribution is 2.28. The average molecular weight is 296 g/mol. The van der Waals surface area contributed by atoms with Gasteiger partial charge in [0.05, 0.1) is 12.2 Å². The first-order chi connectivity index (χ1) is 10.7. The van der Waals surface area contributed by atoms with Crippen molar-refractivity contribution in [2.75, 3.05) is 13.1 Å². The summed E-state index contributed by atoms with van der Waals surface area (Å²) in [6.07, 6.45) is 4.21. The molecule has 1 aromatic heterocycles. The van der Waals surface area contributed by atoms with Gasteiger partial charge in [0.1, 0.15) is 0 Å². The Morgan fingerprint density at radius 3 is 2.64 bits per heavy atom. The van der Waals surface area contributed by atoms with E-state index in [0.717, 1.165) is 19.6 Å². The topological polar surface area (TPSA) is 25.4 Å². The maximum atomic E-state index is 6.34. The number of aromatic nitrogens is 1. The number of morpholine rings is 1. The molecule has 1 fully saturated rings. The van der Waals surface area contributed by atoms with Gasteiger partial charge >= 0.3 is 0 Å². The van der Waals surface area contributed by atoms with Gasteiger partial charge in [-0.25, -0.2) is 0 Å². The molecule has 0 spiro atoms. The molecule has 2 aromatic rings. The van der Waals surface area contributed by atoms with E-state index in [4.69, 9.17) is 4.74 Å². The van der Waals surface area contributed by atoms with Gasteiger partial charge in [-0.1, -0.05) is 50.2 Å². The fraction of sp³-hybridized carbons (Fsp3) is 0.421. The van der Waals surface area contributed by atoms with Gasteiger partial charge in [-0.3, -0.25) is 9.88 Å². The first kappa shape index (κ1) is 15.2. The van der Waals surface area contributed by atoms with E-state index >= 15 is 0 Å². The van der Waals surface area contributed by atoms with Crippen molar-refractivity contribution in [3.05, 3.63) is 66.0 Å². The van der Waals surface area contributed by atoms with Crippen LogP contribution in [0.1, 0.15) is 31.1 Å². The van der Waals surface area contributed by atoms with Crippen LogP contribution in [-0.4, -0.2) is 29.1 Å². The molecule has 0 bridgehead atoms. The summed E-state index contributed by atoms with van der Waals surface area (Å²) in [7, 11) is 0. The smallest absolute Gasteiger partial charge is 0.0956 e. The molecule has 116 valence electrons. The van der Waals surface area contributed by atoms with Gasteiger partial charge in [-0.05, 0) is 23.1 Å². The third-order valence-electron chi connectivity index (χ3n) is 4.25. The van der Waals surface area contributed by atoms with E-state index in [9.17, 15) is 0 Å². The molecular formula is C19H24N2O. The molecule has 1 aromatic carbocycles. The molecular weight excluding hydrogens is 272 g/mol.